The zero-order valence-corrected chi connectivity index (χ0v) is 17.5. The van der Waals surface area contributed by atoms with Crippen LogP contribution in [0.1, 0.15) is 49.8 Å². The molecule has 0 atom stereocenters. The van der Waals surface area contributed by atoms with Gasteiger partial charge in [-0.2, -0.15) is 0 Å². The van der Waals surface area contributed by atoms with Gasteiger partial charge in [-0.1, -0.05) is 39.3 Å². The zero-order chi connectivity index (χ0) is 21.8. The first-order valence-electron chi connectivity index (χ1n) is 10.2. The Hall–Kier alpha value is -2.83. The summed E-state index contributed by atoms with van der Waals surface area (Å²) >= 11 is 0. The maximum absolute atomic E-state index is 14.3. The third kappa shape index (κ3) is 4.66. The van der Waals surface area contributed by atoms with Crippen LogP contribution < -0.4 is 0 Å². The number of para-hydroxylation sites is 2. The number of halogens is 3. The Labute approximate surface area is 174 Å². The summed E-state index contributed by atoms with van der Waals surface area (Å²) in [6.07, 6.45) is 1.93. The second-order valence-electron chi connectivity index (χ2n) is 7.85. The predicted molar refractivity (Wildman–Crippen MR) is 111 cm³/mol. The van der Waals surface area contributed by atoms with E-state index in [0.29, 0.717) is 18.0 Å². The van der Waals surface area contributed by atoms with Crippen LogP contribution in [-0.4, -0.2) is 26.9 Å². The molecular formula is C23H26F3N3O. The van der Waals surface area contributed by atoms with E-state index in [0.717, 1.165) is 30.4 Å². The fourth-order valence-electron chi connectivity index (χ4n) is 3.55. The molecular weight excluding hydrogens is 391 g/mol. The van der Waals surface area contributed by atoms with Crippen LogP contribution in [-0.2, 0) is 13.1 Å². The van der Waals surface area contributed by atoms with Gasteiger partial charge in [0, 0.05) is 25.2 Å². The van der Waals surface area contributed by atoms with E-state index in [1.807, 2.05) is 38.1 Å². The Balaban J connectivity index is 2.01. The Bertz CT molecular complexity index is 1020. The molecule has 1 heterocycles. The van der Waals surface area contributed by atoms with E-state index in [1.54, 1.807) is 0 Å². The number of nitrogens with zero attached hydrogens (tertiary/aromatic N) is 3. The van der Waals surface area contributed by atoms with Crippen molar-refractivity contribution in [2.75, 3.05) is 6.54 Å². The molecule has 4 nitrogen and oxygen atoms in total. The quantitative estimate of drug-likeness (QED) is 0.482. The fourth-order valence-corrected chi connectivity index (χ4v) is 3.55. The maximum atomic E-state index is 14.3. The molecule has 0 aliphatic rings. The lowest BCUT2D eigenvalue weighted by Crippen LogP contribution is -2.36. The van der Waals surface area contributed by atoms with Gasteiger partial charge in [0.1, 0.15) is 28.8 Å². The van der Waals surface area contributed by atoms with Crippen molar-refractivity contribution < 1.29 is 18.0 Å². The summed E-state index contributed by atoms with van der Waals surface area (Å²) in [7, 11) is 0. The van der Waals surface area contributed by atoms with E-state index in [-0.39, 0.29) is 19.0 Å². The van der Waals surface area contributed by atoms with Crippen molar-refractivity contribution in [3.05, 3.63) is 65.2 Å². The summed E-state index contributed by atoms with van der Waals surface area (Å²) in [5.41, 5.74) is 1.02. The highest BCUT2D eigenvalue weighted by molar-refractivity contribution is 5.94. The van der Waals surface area contributed by atoms with Crippen LogP contribution >= 0.6 is 0 Å². The summed E-state index contributed by atoms with van der Waals surface area (Å²) in [6, 6.07) is 8.74. The summed E-state index contributed by atoms with van der Waals surface area (Å²) in [6.45, 7) is 7.04. The van der Waals surface area contributed by atoms with Crippen molar-refractivity contribution >= 4 is 16.9 Å². The number of hydrogen-bond donors (Lipinski definition) is 0. The normalized spacial score (nSPS) is 11.4. The predicted octanol–water partition coefficient (Wildman–Crippen LogP) is 5.55. The average Bonchev–Trinajstić information content (AvgIpc) is 3.01. The van der Waals surface area contributed by atoms with Crippen molar-refractivity contribution in [2.24, 2.45) is 5.92 Å². The topological polar surface area (TPSA) is 38.1 Å². The van der Waals surface area contributed by atoms with Crippen LogP contribution in [0.25, 0.3) is 11.0 Å². The molecule has 0 N–H and O–H groups in total. The number of fused-ring (bicyclic) bond motifs is 1. The first kappa shape index (κ1) is 21.9. The lowest BCUT2D eigenvalue weighted by atomic mass is 10.1. The molecule has 7 heteroatoms. The third-order valence-corrected chi connectivity index (χ3v) is 4.89. The minimum Gasteiger partial charge on any atom is -0.331 e. The largest absolute Gasteiger partial charge is 0.331 e. The van der Waals surface area contributed by atoms with Crippen LogP contribution in [0.15, 0.2) is 36.4 Å². The first-order chi connectivity index (χ1) is 14.3. The van der Waals surface area contributed by atoms with Gasteiger partial charge in [-0.15, -0.1) is 0 Å². The van der Waals surface area contributed by atoms with Crippen LogP contribution in [0.4, 0.5) is 13.2 Å². The van der Waals surface area contributed by atoms with Crippen LogP contribution in [0.5, 0.6) is 0 Å². The van der Waals surface area contributed by atoms with Gasteiger partial charge in [0.2, 0.25) is 0 Å². The molecule has 3 aromatic rings. The summed E-state index contributed by atoms with van der Waals surface area (Å²) in [5.74, 6) is -3.56. The number of imidazole rings is 1. The number of unbranched alkanes of at least 4 members (excludes halogenated alkanes) is 1. The summed E-state index contributed by atoms with van der Waals surface area (Å²) in [5, 5.41) is 0. The van der Waals surface area contributed by atoms with Gasteiger partial charge in [-0.3, -0.25) is 4.79 Å². The molecule has 2 aromatic carbocycles. The maximum Gasteiger partial charge on any atom is 0.260 e. The first-order valence-corrected chi connectivity index (χ1v) is 10.2. The number of aromatic nitrogens is 2. The van der Waals surface area contributed by atoms with E-state index in [9.17, 15) is 18.0 Å². The van der Waals surface area contributed by atoms with Gasteiger partial charge in [-0.05, 0) is 24.5 Å². The van der Waals surface area contributed by atoms with Gasteiger partial charge in [0.25, 0.3) is 5.91 Å². The summed E-state index contributed by atoms with van der Waals surface area (Å²) < 4.78 is 43.9. The van der Waals surface area contributed by atoms with Crippen molar-refractivity contribution in [2.45, 2.75) is 46.7 Å². The molecule has 0 bridgehead atoms. The Morgan fingerprint density at radius 2 is 1.80 bits per heavy atom. The van der Waals surface area contributed by atoms with Gasteiger partial charge >= 0.3 is 0 Å². The number of aryl methyl sites for hydroxylation is 1. The van der Waals surface area contributed by atoms with E-state index in [1.165, 1.54) is 4.90 Å². The average molecular weight is 417 g/mol. The minimum atomic E-state index is -1.20. The van der Waals surface area contributed by atoms with E-state index in [2.05, 4.69) is 16.5 Å². The highest BCUT2D eigenvalue weighted by Crippen LogP contribution is 2.22. The summed E-state index contributed by atoms with van der Waals surface area (Å²) in [4.78, 5) is 19.1. The smallest absolute Gasteiger partial charge is 0.260 e. The fraction of sp³-hybridized carbons (Fsp3) is 0.391. The van der Waals surface area contributed by atoms with E-state index < -0.39 is 28.9 Å². The number of benzene rings is 2. The van der Waals surface area contributed by atoms with Crippen molar-refractivity contribution in [1.29, 1.82) is 0 Å². The second-order valence-corrected chi connectivity index (χ2v) is 7.85. The number of amides is 1. The zero-order valence-electron chi connectivity index (χ0n) is 17.5. The van der Waals surface area contributed by atoms with Gasteiger partial charge in [0.05, 0.1) is 17.6 Å². The lowest BCUT2D eigenvalue weighted by Gasteiger charge is -2.25. The minimum absolute atomic E-state index is 0.0639. The monoisotopic (exact) mass is 417 g/mol. The Morgan fingerprint density at radius 1 is 1.13 bits per heavy atom. The molecule has 1 aromatic heterocycles. The van der Waals surface area contributed by atoms with Crippen molar-refractivity contribution in [3.63, 3.8) is 0 Å². The number of carbonyl (C=O) groups excluding carboxylic acids is 1. The third-order valence-electron chi connectivity index (χ3n) is 4.89. The van der Waals surface area contributed by atoms with E-state index >= 15 is 0 Å². The van der Waals surface area contributed by atoms with Crippen molar-refractivity contribution in [1.82, 2.24) is 14.5 Å². The van der Waals surface area contributed by atoms with Crippen LogP contribution in [0.3, 0.4) is 0 Å². The number of hydrogen-bond acceptors (Lipinski definition) is 2. The second kappa shape index (κ2) is 9.32. The van der Waals surface area contributed by atoms with Crippen LogP contribution in [0, 0.1) is 23.4 Å². The Morgan fingerprint density at radius 3 is 2.43 bits per heavy atom. The molecule has 0 radical (unpaired) electrons. The van der Waals surface area contributed by atoms with E-state index in [4.69, 9.17) is 0 Å². The van der Waals surface area contributed by atoms with Gasteiger partial charge in [-0.25, -0.2) is 18.2 Å². The molecule has 3 rings (SSSR count). The molecule has 0 spiro atoms. The number of carbonyl (C=O) groups is 1. The molecule has 0 saturated heterocycles. The van der Waals surface area contributed by atoms with Gasteiger partial charge in [0.15, 0.2) is 0 Å². The van der Waals surface area contributed by atoms with Crippen molar-refractivity contribution in [3.8, 4) is 0 Å². The highest BCUT2D eigenvalue weighted by atomic mass is 19.1. The molecule has 0 aliphatic carbocycles. The molecule has 0 aliphatic heterocycles. The van der Waals surface area contributed by atoms with Crippen LogP contribution in [0.2, 0.25) is 0 Å². The molecule has 30 heavy (non-hydrogen) atoms. The van der Waals surface area contributed by atoms with Gasteiger partial charge < -0.3 is 9.47 Å². The lowest BCUT2D eigenvalue weighted by molar-refractivity contribution is 0.0706. The SMILES string of the molecule is CCCCn1c(CN(CC(C)C)C(=O)c2c(F)cc(F)cc2F)nc2ccccc21. The standard InChI is InChI=1S/C23H26F3N3O/c1-4-5-10-29-20-9-7-6-8-19(20)27-21(29)14-28(13-15(2)3)23(30)22-17(25)11-16(24)12-18(22)26/h6-9,11-12,15H,4-5,10,13-14H2,1-3H3. The molecule has 0 fully saturated rings. The molecule has 160 valence electrons. The Kier molecular flexibility index (Phi) is 6.80. The molecule has 0 unspecified atom stereocenters. The molecule has 0 saturated carbocycles. The highest BCUT2D eigenvalue weighted by Gasteiger charge is 2.26. The number of rotatable bonds is 8. The molecule has 1 amide bonds.